The molecule has 1 atom stereocenters. The molecule has 180 valence electrons. The molecular formula is C25H29FN4O3S. The number of hydrogen-bond acceptors (Lipinski definition) is 6. The molecule has 0 amide bonds. The molecule has 0 spiro atoms. The summed E-state index contributed by atoms with van der Waals surface area (Å²) in [7, 11) is -2.15. The van der Waals surface area contributed by atoms with Gasteiger partial charge in [0.15, 0.2) is 0 Å². The van der Waals surface area contributed by atoms with Crippen molar-refractivity contribution in [2.24, 2.45) is 0 Å². The fraction of sp³-hybridized carbons (Fsp3) is 0.320. The van der Waals surface area contributed by atoms with Gasteiger partial charge in [0.1, 0.15) is 11.6 Å². The first-order valence-corrected chi connectivity index (χ1v) is 12.6. The van der Waals surface area contributed by atoms with E-state index in [4.69, 9.17) is 4.74 Å². The van der Waals surface area contributed by atoms with Crippen LogP contribution in [0.15, 0.2) is 71.9 Å². The van der Waals surface area contributed by atoms with E-state index in [0.717, 1.165) is 43.0 Å². The molecule has 0 aliphatic carbocycles. The number of rotatable bonds is 8. The number of hydrogen-bond donors (Lipinski definition) is 1. The highest BCUT2D eigenvalue weighted by Crippen LogP contribution is 2.25. The topological polar surface area (TPSA) is 74.8 Å². The Labute approximate surface area is 200 Å². The van der Waals surface area contributed by atoms with Crippen LogP contribution in [0.1, 0.15) is 17.2 Å². The van der Waals surface area contributed by atoms with E-state index in [-0.39, 0.29) is 23.3 Å². The van der Waals surface area contributed by atoms with Crippen LogP contribution in [0.3, 0.4) is 0 Å². The maximum atomic E-state index is 13.3. The number of pyridine rings is 1. The van der Waals surface area contributed by atoms with Crippen molar-refractivity contribution >= 4 is 15.7 Å². The zero-order valence-electron chi connectivity index (χ0n) is 19.3. The van der Waals surface area contributed by atoms with E-state index in [1.807, 2.05) is 19.1 Å². The standard InChI is InChI=1S/C25H29FN4O3S/c1-19-16-23(9-10-25(19)33-2)34(31,32)28-18-24(20-4-3-11-27-17-20)30-14-12-29(13-15-30)22-7-5-21(26)6-8-22/h3-11,16-17,24,28H,12-15,18H2,1-2H3/t24-/m0/s1. The van der Waals surface area contributed by atoms with Gasteiger partial charge in [-0.2, -0.15) is 0 Å². The smallest absolute Gasteiger partial charge is 0.240 e. The molecule has 0 saturated carbocycles. The van der Waals surface area contributed by atoms with Crippen molar-refractivity contribution < 1.29 is 17.5 Å². The summed E-state index contributed by atoms with van der Waals surface area (Å²) in [4.78, 5) is 8.92. The maximum absolute atomic E-state index is 13.3. The third-order valence-electron chi connectivity index (χ3n) is 6.16. The number of halogens is 1. The third-order valence-corrected chi connectivity index (χ3v) is 7.58. The monoisotopic (exact) mass is 484 g/mol. The maximum Gasteiger partial charge on any atom is 0.240 e. The Balaban J connectivity index is 1.48. The Morgan fingerprint density at radius 1 is 1.09 bits per heavy atom. The Morgan fingerprint density at radius 2 is 1.82 bits per heavy atom. The Kier molecular flexibility index (Phi) is 7.45. The fourth-order valence-electron chi connectivity index (χ4n) is 4.26. The highest BCUT2D eigenvalue weighted by molar-refractivity contribution is 7.89. The van der Waals surface area contributed by atoms with Crippen molar-refractivity contribution in [3.8, 4) is 5.75 Å². The fourth-order valence-corrected chi connectivity index (χ4v) is 5.39. The van der Waals surface area contributed by atoms with Gasteiger partial charge in [0.25, 0.3) is 0 Å². The second-order valence-corrected chi connectivity index (χ2v) is 10.1. The van der Waals surface area contributed by atoms with Gasteiger partial charge in [0.2, 0.25) is 10.0 Å². The van der Waals surface area contributed by atoms with Gasteiger partial charge in [0, 0.05) is 50.8 Å². The molecule has 0 bridgehead atoms. The van der Waals surface area contributed by atoms with Crippen LogP contribution >= 0.6 is 0 Å². The number of aryl methyl sites for hydroxylation is 1. The van der Waals surface area contributed by atoms with Crippen molar-refractivity contribution in [1.29, 1.82) is 0 Å². The number of piperazine rings is 1. The summed E-state index contributed by atoms with van der Waals surface area (Å²) >= 11 is 0. The van der Waals surface area contributed by atoms with Crippen LogP contribution in [0, 0.1) is 12.7 Å². The lowest BCUT2D eigenvalue weighted by Crippen LogP contribution is -2.50. The molecule has 0 unspecified atom stereocenters. The number of methoxy groups -OCH3 is 1. The number of nitrogens with zero attached hydrogens (tertiary/aromatic N) is 3. The number of benzene rings is 2. The van der Waals surface area contributed by atoms with Crippen LogP contribution < -0.4 is 14.4 Å². The Hall–Kier alpha value is -3.01. The quantitative estimate of drug-likeness (QED) is 0.529. The van der Waals surface area contributed by atoms with Gasteiger partial charge in [-0.3, -0.25) is 9.88 Å². The summed E-state index contributed by atoms with van der Waals surface area (Å²) in [5, 5.41) is 0. The molecule has 9 heteroatoms. The van der Waals surface area contributed by atoms with Gasteiger partial charge >= 0.3 is 0 Å². The lowest BCUT2D eigenvalue weighted by molar-refractivity contribution is 0.186. The second kappa shape index (κ2) is 10.5. The van der Waals surface area contributed by atoms with E-state index in [0.29, 0.717) is 5.75 Å². The first-order chi connectivity index (χ1) is 16.4. The zero-order valence-corrected chi connectivity index (χ0v) is 20.1. The van der Waals surface area contributed by atoms with E-state index in [9.17, 15) is 12.8 Å². The summed E-state index contributed by atoms with van der Waals surface area (Å²) < 4.78 is 47.4. The van der Waals surface area contributed by atoms with Crippen molar-refractivity contribution in [3.63, 3.8) is 0 Å². The predicted molar refractivity (Wildman–Crippen MR) is 130 cm³/mol. The summed E-state index contributed by atoms with van der Waals surface area (Å²) in [6.07, 6.45) is 3.49. The van der Waals surface area contributed by atoms with E-state index in [1.165, 1.54) is 12.1 Å². The molecule has 1 N–H and O–H groups in total. The minimum atomic E-state index is -3.71. The third kappa shape index (κ3) is 5.55. The summed E-state index contributed by atoms with van der Waals surface area (Å²) in [5.74, 6) is 0.393. The Morgan fingerprint density at radius 3 is 2.44 bits per heavy atom. The van der Waals surface area contributed by atoms with Crippen LogP contribution in [0.2, 0.25) is 0 Å². The van der Waals surface area contributed by atoms with E-state index in [1.54, 1.807) is 49.8 Å². The molecule has 2 heterocycles. The minimum absolute atomic E-state index is 0.168. The summed E-state index contributed by atoms with van der Waals surface area (Å²) in [6, 6.07) is 15.0. The van der Waals surface area contributed by atoms with Crippen molar-refractivity contribution in [2.75, 3.05) is 44.7 Å². The first kappa shape index (κ1) is 24.1. The van der Waals surface area contributed by atoms with Crippen LogP contribution in [0.25, 0.3) is 0 Å². The van der Waals surface area contributed by atoms with Crippen molar-refractivity contribution in [1.82, 2.24) is 14.6 Å². The number of ether oxygens (including phenoxy) is 1. The van der Waals surface area contributed by atoms with Crippen molar-refractivity contribution in [3.05, 3.63) is 83.9 Å². The average Bonchev–Trinajstić information content (AvgIpc) is 2.85. The van der Waals surface area contributed by atoms with Gasteiger partial charge in [0.05, 0.1) is 18.0 Å². The van der Waals surface area contributed by atoms with Crippen LogP contribution in [-0.4, -0.2) is 58.1 Å². The second-order valence-electron chi connectivity index (χ2n) is 8.28. The largest absolute Gasteiger partial charge is 0.496 e. The molecule has 1 aromatic heterocycles. The lowest BCUT2D eigenvalue weighted by Gasteiger charge is -2.40. The molecule has 3 aromatic rings. The van der Waals surface area contributed by atoms with E-state index in [2.05, 4.69) is 19.5 Å². The molecule has 34 heavy (non-hydrogen) atoms. The van der Waals surface area contributed by atoms with Crippen LogP contribution in [0.4, 0.5) is 10.1 Å². The van der Waals surface area contributed by atoms with E-state index >= 15 is 0 Å². The minimum Gasteiger partial charge on any atom is -0.496 e. The van der Waals surface area contributed by atoms with E-state index < -0.39 is 10.0 Å². The lowest BCUT2D eigenvalue weighted by atomic mass is 10.1. The number of aromatic nitrogens is 1. The van der Waals surface area contributed by atoms with Crippen LogP contribution in [0.5, 0.6) is 5.75 Å². The van der Waals surface area contributed by atoms with Gasteiger partial charge < -0.3 is 9.64 Å². The van der Waals surface area contributed by atoms with Gasteiger partial charge in [-0.25, -0.2) is 17.5 Å². The zero-order chi connectivity index (χ0) is 24.1. The summed E-state index contributed by atoms with van der Waals surface area (Å²) in [5.41, 5.74) is 2.69. The van der Waals surface area contributed by atoms with Gasteiger partial charge in [-0.15, -0.1) is 0 Å². The highest BCUT2D eigenvalue weighted by Gasteiger charge is 2.27. The molecular weight excluding hydrogens is 455 g/mol. The van der Waals surface area contributed by atoms with Crippen LogP contribution in [-0.2, 0) is 10.0 Å². The molecule has 2 aromatic carbocycles. The first-order valence-electron chi connectivity index (χ1n) is 11.2. The molecule has 1 saturated heterocycles. The predicted octanol–water partition coefficient (Wildman–Crippen LogP) is 3.38. The molecule has 0 radical (unpaired) electrons. The number of anilines is 1. The van der Waals surface area contributed by atoms with Gasteiger partial charge in [-0.1, -0.05) is 6.07 Å². The highest BCUT2D eigenvalue weighted by atomic mass is 32.2. The normalized spacial score (nSPS) is 15.8. The molecule has 1 aliphatic rings. The molecule has 4 rings (SSSR count). The Bertz CT molecular complexity index is 1200. The molecule has 1 fully saturated rings. The molecule has 7 nitrogen and oxygen atoms in total. The number of nitrogens with one attached hydrogen (secondary N) is 1. The number of sulfonamides is 1. The summed E-state index contributed by atoms with van der Waals surface area (Å²) in [6.45, 7) is 5.02. The molecule has 1 aliphatic heterocycles. The van der Waals surface area contributed by atoms with Gasteiger partial charge in [-0.05, 0) is 66.6 Å². The SMILES string of the molecule is COc1ccc(S(=O)(=O)NC[C@@H](c2cccnc2)N2CCN(c3ccc(F)cc3)CC2)cc1C. The van der Waals surface area contributed by atoms with Crippen molar-refractivity contribution in [2.45, 2.75) is 17.9 Å². The average molecular weight is 485 g/mol.